The van der Waals surface area contributed by atoms with Gasteiger partial charge in [0.1, 0.15) is 6.04 Å². The molecule has 0 aliphatic rings. The zero-order chi connectivity index (χ0) is 8.15. The fourth-order valence-electron chi connectivity index (χ4n) is 0.452. The smallest absolute Gasteiger partial charge is 0.240 e. The van der Waals surface area contributed by atoms with Crippen molar-refractivity contribution in [3.63, 3.8) is 0 Å². The summed E-state index contributed by atoms with van der Waals surface area (Å²) in [5.74, 6) is -0.613. The second-order valence-corrected chi connectivity index (χ2v) is 2.20. The summed E-state index contributed by atoms with van der Waals surface area (Å²) in [5.41, 5.74) is 4.89. The molecule has 0 spiro atoms. The molecule has 3 N–H and O–H groups in total. The Bertz CT molecular complexity index is 149. The van der Waals surface area contributed by atoms with Gasteiger partial charge in [-0.2, -0.15) is 12.6 Å². The number of hydrogen-bond donors (Lipinski definition) is 3. The summed E-state index contributed by atoms with van der Waals surface area (Å²) in [7, 11) is 0. The van der Waals surface area contributed by atoms with Gasteiger partial charge in [0.2, 0.25) is 11.8 Å². The molecule has 0 aromatic carbocycles. The molecule has 0 fully saturated rings. The Kier molecular flexibility index (Phi) is 3.87. The van der Waals surface area contributed by atoms with Gasteiger partial charge in [-0.05, 0) is 0 Å². The van der Waals surface area contributed by atoms with Gasteiger partial charge in [0.15, 0.2) is 0 Å². The molecule has 58 valence electrons. The maximum Gasteiger partial charge on any atom is 0.240 e. The summed E-state index contributed by atoms with van der Waals surface area (Å²) in [4.78, 5) is 20.8. The van der Waals surface area contributed by atoms with E-state index >= 15 is 0 Å². The zero-order valence-corrected chi connectivity index (χ0v) is 6.52. The summed E-state index contributed by atoms with van der Waals surface area (Å²) in [5, 5.41) is 2.34. The van der Waals surface area contributed by atoms with Crippen molar-refractivity contribution in [3.8, 4) is 0 Å². The van der Waals surface area contributed by atoms with E-state index in [1.807, 2.05) is 0 Å². The van der Waals surface area contributed by atoms with Gasteiger partial charge in [-0.15, -0.1) is 0 Å². The molecule has 0 aromatic heterocycles. The van der Waals surface area contributed by atoms with E-state index in [-0.39, 0.29) is 11.7 Å². The topological polar surface area (TPSA) is 72.2 Å². The lowest BCUT2D eigenvalue weighted by molar-refractivity contribution is -0.125. The third kappa shape index (κ3) is 3.34. The molecule has 10 heavy (non-hydrogen) atoms. The van der Waals surface area contributed by atoms with E-state index in [0.29, 0.717) is 0 Å². The fourth-order valence-corrected chi connectivity index (χ4v) is 0.723. The molecule has 1 atom stereocenters. The summed E-state index contributed by atoms with van der Waals surface area (Å²) in [6.07, 6.45) is 0. The molecule has 0 aliphatic heterocycles. The molecule has 0 aromatic rings. The van der Waals surface area contributed by atoms with E-state index in [1.165, 1.54) is 6.92 Å². The van der Waals surface area contributed by atoms with Crippen LogP contribution in [0.5, 0.6) is 0 Å². The van der Waals surface area contributed by atoms with Crippen molar-refractivity contribution in [2.75, 3.05) is 5.75 Å². The molecule has 0 bridgehead atoms. The van der Waals surface area contributed by atoms with Crippen molar-refractivity contribution in [2.45, 2.75) is 13.0 Å². The maximum absolute atomic E-state index is 10.4. The van der Waals surface area contributed by atoms with Crippen LogP contribution in [0.4, 0.5) is 0 Å². The standard InChI is InChI=1S/C5H10N2O2S/c1-3(8)7-4(2-10)5(6)9/h4,10H,2H2,1H3,(H2,6,9)(H,7,8)/t4-/m1/s1. The lowest BCUT2D eigenvalue weighted by Gasteiger charge is -2.09. The number of thiol groups is 1. The molecule has 0 saturated carbocycles. The van der Waals surface area contributed by atoms with Crippen LogP contribution in [0.1, 0.15) is 6.92 Å². The number of amides is 2. The van der Waals surface area contributed by atoms with Crippen LogP contribution in [0.3, 0.4) is 0 Å². The molecule has 4 nitrogen and oxygen atoms in total. The van der Waals surface area contributed by atoms with Crippen molar-refractivity contribution in [1.29, 1.82) is 0 Å². The van der Waals surface area contributed by atoms with E-state index in [2.05, 4.69) is 17.9 Å². The predicted octanol–water partition coefficient (Wildman–Crippen LogP) is -1.09. The Balaban J connectivity index is 3.83. The SMILES string of the molecule is CC(=O)N[C@H](CS)C(N)=O. The fraction of sp³-hybridized carbons (Fsp3) is 0.600. The van der Waals surface area contributed by atoms with Crippen molar-refractivity contribution in [1.82, 2.24) is 5.32 Å². The normalized spacial score (nSPS) is 12.2. The monoisotopic (exact) mass is 162 g/mol. The minimum Gasteiger partial charge on any atom is -0.368 e. The van der Waals surface area contributed by atoms with Crippen LogP contribution < -0.4 is 11.1 Å². The summed E-state index contributed by atoms with van der Waals surface area (Å²) in [6, 6.07) is -0.652. The molecule has 2 amide bonds. The Morgan fingerprint density at radius 1 is 1.70 bits per heavy atom. The Morgan fingerprint density at radius 2 is 2.20 bits per heavy atom. The van der Waals surface area contributed by atoms with E-state index in [1.54, 1.807) is 0 Å². The summed E-state index contributed by atoms with van der Waals surface area (Å²) in [6.45, 7) is 1.32. The van der Waals surface area contributed by atoms with Gasteiger partial charge in [0.05, 0.1) is 0 Å². The number of primary amides is 1. The summed E-state index contributed by atoms with van der Waals surface area (Å²) >= 11 is 3.81. The van der Waals surface area contributed by atoms with Crippen LogP contribution in [0.2, 0.25) is 0 Å². The lowest BCUT2D eigenvalue weighted by atomic mass is 10.3. The average Bonchev–Trinajstić information content (AvgIpc) is 1.81. The number of carbonyl (C=O) groups excluding carboxylic acids is 2. The molecule has 0 unspecified atom stereocenters. The number of hydrogen-bond acceptors (Lipinski definition) is 3. The highest BCUT2D eigenvalue weighted by atomic mass is 32.1. The second-order valence-electron chi connectivity index (χ2n) is 1.84. The van der Waals surface area contributed by atoms with E-state index < -0.39 is 11.9 Å². The van der Waals surface area contributed by atoms with Crippen LogP contribution in [-0.2, 0) is 9.59 Å². The van der Waals surface area contributed by atoms with Crippen LogP contribution in [0.15, 0.2) is 0 Å². The predicted molar refractivity (Wildman–Crippen MR) is 40.7 cm³/mol. The Hall–Kier alpha value is -0.710. The largest absolute Gasteiger partial charge is 0.368 e. The first-order valence-electron chi connectivity index (χ1n) is 2.75. The molecular weight excluding hydrogens is 152 g/mol. The molecule has 0 rings (SSSR count). The van der Waals surface area contributed by atoms with Crippen molar-refractivity contribution in [2.24, 2.45) is 5.73 Å². The third-order valence-electron chi connectivity index (χ3n) is 0.904. The van der Waals surface area contributed by atoms with E-state index in [4.69, 9.17) is 5.73 Å². The highest BCUT2D eigenvalue weighted by Gasteiger charge is 2.12. The van der Waals surface area contributed by atoms with Gasteiger partial charge in [0.25, 0.3) is 0 Å². The quantitative estimate of drug-likeness (QED) is 0.461. The third-order valence-corrected chi connectivity index (χ3v) is 1.27. The molecule has 0 radical (unpaired) electrons. The lowest BCUT2D eigenvalue weighted by Crippen LogP contribution is -2.44. The molecule has 0 aliphatic carbocycles. The highest BCUT2D eigenvalue weighted by molar-refractivity contribution is 7.80. The van der Waals surface area contributed by atoms with Gasteiger partial charge in [-0.25, -0.2) is 0 Å². The molecule has 0 saturated heterocycles. The van der Waals surface area contributed by atoms with Crippen LogP contribution in [0.25, 0.3) is 0 Å². The first-order chi connectivity index (χ1) is 4.57. The van der Waals surface area contributed by atoms with Gasteiger partial charge < -0.3 is 11.1 Å². The number of carbonyl (C=O) groups is 2. The van der Waals surface area contributed by atoms with Crippen LogP contribution in [-0.4, -0.2) is 23.6 Å². The highest BCUT2D eigenvalue weighted by Crippen LogP contribution is 1.85. The second kappa shape index (κ2) is 4.16. The maximum atomic E-state index is 10.4. The molecule has 5 heteroatoms. The first-order valence-corrected chi connectivity index (χ1v) is 3.38. The zero-order valence-electron chi connectivity index (χ0n) is 5.63. The summed E-state index contributed by atoms with van der Waals surface area (Å²) < 4.78 is 0. The van der Waals surface area contributed by atoms with E-state index in [9.17, 15) is 9.59 Å². The van der Waals surface area contributed by atoms with Crippen molar-refractivity contribution < 1.29 is 9.59 Å². The van der Waals surface area contributed by atoms with Gasteiger partial charge in [-0.1, -0.05) is 0 Å². The number of rotatable bonds is 3. The van der Waals surface area contributed by atoms with Gasteiger partial charge in [0, 0.05) is 12.7 Å². The average molecular weight is 162 g/mol. The number of nitrogens with one attached hydrogen (secondary N) is 1. The first kappa shape index (κ1) is 9.29. The van der Waals surface area contributed by atoms with Crippen LogP contribution in [0, 0.1) is 0 Å². The minimum atomic E-state index is -0.652. The van der Waals surface area contributed by atoms with Crippen LogP contribution >= 0.6 is 12.6 Å². The molecule has 0 heterocycles. The van der Waals surface area contributed by atoms with Gasteiger partial charge in [-0.3, -0.25) is 9.59 Å². The van der Waals surface area contributed by atoms with Crippen molar-refractivity contribution >= 4 is 24.4 Å². The molecular formula is C5H10N2O2S. The Morgan fingerprint density at radius 3 is 2.30 bits per heavy atom. The minimum absolute atomic E-state index is 0.231. The van der Waals surface area contributed by atoms with E-state index in [0.717, 1.165) is 0 Å². The van der Waals surface area contributed by atoms with Crippen molar-refractivity contribution in [3.05, 3.63) is 0 Å². The number of nitrogens with two attached hydrogens (primary N) is 1. The Labute approximate surface area is 64.6 Å². The van der Waals surface area contributed by atoms with Gasteiger partial charge >= 0.3 is 0 Å².